The first kappa shape index (κ1) is 16.2. The van der Waals surface area contributed by atoms with E-state index >= 15 is 0 Å². The maximum Gasteiger partial charge on any atom is 0.228 e. The predicted octanol–water partition coefficient (Wildman–Crippen LogP) is 5.73. The summed E-state index contributed by atoms with van der Waals surface area (Å²) in [6.45, 7) is 0. The lowest BCUT2D eigenvalue weighted by Crippen LogP contribution is -1.84. The molecular weight excluding hydrogens is 350 g/mol. The molecule has 0 fully saturated rings. The van der Waals surface area contributed by atoms with Crippen molar-refractivity contribution >= 4 is 0 Å². The Morgan fingerprint density at radius 3 is 1.43 bits per heavy atom. The maximum absolute atomic E-state index is 5.92. The van der Waals surface area contributed by atoms with Crippen LogP contribution < -0.4 is 0 Å². The van der Waals surface area contributed by atoms with Crippen LogP contribution in [-0.4, -0.2) is 15.0 Å². The number of pyridine rings is 1. The van der Waals surface area contributed by atoms with Gasteiger partial charge in [0, 0.05) is 23.5 Å². The lowest BCUT2D eigenvalue weighted by Gasteiger charge is -1.99. The summed E-state index contributed by atoms with van der Waals surface area (Å²) in [4.78, 5) is 13.1. The summed E-state index contributed by atoms with van der Waals surface area (Å²) >= 11 is 0. The molecule has 0 aliphatic carbocycles. The summed E-state index contributed by atoms with van der Waals surface area (Å²) in [5, 5.41) is 0. The van der Waals surface area contributed by atoms with Crippen LogP contribution in [0.4, 0.5) is 0 Å². The first-order valence-corrected chi connectivity index (χ1v) is 8.85. The number of oxazole rings is 2. The fourth-order valence-corrected chi connectivity index (χ4v) is 2.96. The normalized spacial score (nSPS) is 10.9. The van der Waals surface area contributed by atoms with Gasteiger partial charge in [-0.3, -0.25) is 4.98 Å². The fraction of sp³-hybridized carbons (Fsp3) is 0. The second kappa shape index (κ2) is 6.96. The van der Waals surface area contributed by atoms with Gasteiger partial charge in [0.15, 0.2) is 11.5 Å². The van der Waals surface area contributed by atoms with Crippen molar-refractivity contribution in [1.29, 1.82) is 0 Å². The molecule has 28 heavy (non-hydrogen) atoms. The van der Waals surface area contributed by atoms with Gasteiger partial charge >= 0.3 is 0 Å². The number of rotatable bonds is 4. The highest BCUT2D eigenvalue weighted by Gasteiger charge is 2.13. The number of benzene rings is 2. The molecule has 0 atom stereocenters. The average molecular weight is 365 g/mol. The van der Waals surface area contributed by atoms with Crippen molar-refractivity contribution in [3.8, 4) is 45.6 Å². The lowest BCUT2D eigenvalue weighted by molar-refractivity contribution is 0.586. The molecule has 0 aliphatic heterocycles. The van der Waals surface area contributed by atoms with Crippen molar-refractivity contribution in [1.82, 2.24) is 15.0 Å². The van der Waals surface area contributed by atoms with Crippen LogP contribution in [0.15, 0.2) is 100 Å². The monoisotopic (exact) mass is 365 g/mol. The molecule has 5 heteroatoms. The van der Waals surface area contributed by atoms with Crippen LogP contribution in [0.2, 0.25) is 0 Å². The Kier molecular flexibility index (Phi) is 4.03. The van der Waals surface area contributed by atoms with E-state index in [-0.39, 0.29) is 0 Å². The highest BCUT2D eigenvalue weighted by Crippen LogP contribution is 2.30. The van der Waals surface area contributed by atoms with E-state index in [1.165, 1.54) is 0 Å². The van der Waals surface area contributed by atoms with Gasteiger partial charge in [-0.1, -0.05) is 60.7 Å². The molecule has 3 heterocycles. The Bertz CT molecular complexity index is 1120. The Morgan fingerprint density at radius 2 is 0.964 bits per heavy atom. The zero-order valence-electron chi connectivity index (χ0n) is 14.8. The molecule has 0 N–H and O–H groups in total. The molecule has 0 saturated carbocycles. The molecule has 0 saturated heterocycles. The smallest absolute Gasteiger partial charge is 0.228 e. The van der Waals surface area contributed by atoms with Crippen molar-refractivity contribution in [2.45, 2.75) is 0 Å². The molecule has 0 spiro atoms. The van der Waals surface area contributed by atoms with Crippen molar-refractivity contribution in [2.24, 2.45) is 0 Å². The summed E-state index contributed by atoms with van der Waals surface area (Å²) in [5.41, 5.74) is 3.48. The lowest BCUT2D eigenvalue weighted by atomic mass is 10.2. The van der Waals surface area contributed by atoms with Gasteiger partial charge in [-0.05, 0) is 6.07 Å². The summed E-state index contributed by atoms with van der Waals surface area (Å²) < 4.78 is 11.8. The fourth-order valence-electron chi connectivity index (χ4n) is 2.96. The van der Waals surface area contributed by atoms with Crippen LogP contribution >= 0.6 is 0 Å². The van der Waals surface area contributed by atoms with E-state index in [9.17, 15) is 0 Å². The maximum atomic E-state index is 5.92. The van der Waals surface area contributed by atoms with Crippen LogP contribution in [0.5, 0.6) is 0 Å². The first-order valence-electron chi connectivity index (χ1n) is 8.85. The minimum absolute atomic E-state index is 0.503. The third-order valence-electron chi connectivity index (χ3n) is 4.36. The second-order valence-electron chi connectivity index (χ2n) is 6.25. The molecule has 0 amide bonds. The molecule has 0 radical (unpaired) electrons. The zero-order valence-corrected chi connectivity index (χ0v) is 14.8. The van der Waals surface area contributed by atoms with Crippen molar-refractivity contribution in [2.75, 3.05) is 0 Å². The molecule has 0 unspecified atom stereocenters. The van der Waals surface area contributed by atoms with Crippen molar-refractivity contribution in [3.05, 3.63) is 91.5 Å². The Morgan fingerprint density at radius 1 is 0.500 bits per heavy atom. The van der Waals surface area contributed by atoms with Crippen molar-refractivity contribution in [3.63, 3.8) is 0 Å². The van der Waals surface area contributed by atoms with Gasteiger partial charge in [-0.15, -0.1) is 0 Å². The van der Waals surface area contributed by atoms with E-state index in [1.807, 2.05) is 66.7 Å². The van der Waals surface area contributed by atoms with E-state index in [2.05, 4.69) is 15.0 Å². The molecule has 0 aliphatic rings. The largest absolute Gasteiger partial charge is 0.436 e. The number of nitrogens with zero attached hydrogens (tertiary/aromatic N) is 3. The molecule has 0 bridgehead atoms. The van der Waals surface area contributed by atoms with Crippen LogP contribution in [-0.2, 0) is 0 Å². The molecule has 3 aromatic heterocycles. The van der Waals surface area contributed by atoms with Gasteiger partial charge in [-0.25, -0.2) is 9.97 Å². The van der Waals surface area contributed by atoms with Gasteiger partial charge < -0.3 is 8.83 Å². The Labute approximate surface area is 161 Å². The number of hydrogen-bond donors (Lipinski definition) is 0. The van der Waals surface area contributed by atoms with E-state index in [4.69, 9.17) is 8.83 Å². The van der Waals surface area contributed by atoms with Gasteiger partial charge in [0.2, 0.25) is 11.8 Å². The minimum atomic E-state index is 0.503. The zero-order chi connectivity index (χ0) is 18.8. The summed E-state index contributed by atoms with van der Waals surface area (Å²) in [6, 6.07) is 21.6. The third-order valence-corrected chi connectivity index (χ3v) is 4.36. The second-order valence-corrected chi connectivity index (χ2v) is 6.25. The quantitative estimate of drug-likeness (QED) is 0.407. The van der Waals surface area contributed by atoms with Crippen LogP contribution in [0.25, 0.3) is 45.6 Å². The topological polar surface area (TPSA) is 65.0 Å². The predicted molar refractivity (Wildman–Crippen MR) is 106 cm³/mol. The SMILES string of the molecule is c1ccc(-c2cnc(-c3cncc(-c4ncc(-c5ccccc5)o4)c3)o2)cc1. The standard InChI is InChI=1S/C23H15N3O2/c1-3-7-16(8-4-1)20-14-25-22(27-20)18-11-19(13-24-12-18)23-26-15-21(28-23)17-9-5-2-6-10-17/h1-15H. The Hall–Kier alpha value is -3.99. The van der Waals surface area contributed by atoms with Gasteiger partial charge in [-0.2, -0.15) is 0 Å². The highest BCUT2D eigenvalue weighted by atomic mass is 16.4. The number of hydrogen-bond acceptors (Lipinski definition) is 5. The Balaban J connectivity index is 1.46. The summed E-state index contributed by atoms with van der Waals surface area (Å²) in [6.07, 6.45) is 6.86. The van der Waals surface area contributed by atoms with E-state index in [1.54, 1.807) is 24.8 Å². The average Bonchev–Trinajstić information content (AvgIpc) is 3.46. The van der Waals surface area contributed by atoms with E-state index in [0.29, 0.717) is 23.3 Å². The summed E-state index contributed by atoms with van der Waals surface area (Å²) in [7, 11) is 0. The van der Waals surface area contributed by atoms with E-state index < -0.39 is 0 Å². The van der Waals surface area contributed by atoms with Crippen molar-refractivity contribution < 1.29 is 8.83 Å². The highest BCUT2D eigenvalue weighted by molar-refractivity contribution is 5.66. The van der Waals surface area contributed by atoms with Crippen LogP contribution in [0.3, 0.4) is 0 Å². The van der Waals surface area contributed by atoms with Gasteiger partial charge in [0.1, 0.15) is 0 Å². The third kappa shape index (κ3) is 3.10. The van der Waals surface area contributed by atoms with Gasteiger partial charge in [0.25, 0.3) is 0 Å². The molecule has 5 nitrogen and oxygen atoms in total. The first-order chi connectivity index (χ1) is 13.9. The molecule has 2 aromatic carbocycles. The molecule has 134 valence electrons. The van der Waals surface area contributed by atoms with E-state index in [0.717, 1.165) is 22.3 Å². The molecule has 5 aromatic rings. The molecule has 5 rings (SSSR count). The van der Waals surface area contributed by atoms with Crippen LogP contribution in [0.1, 0.15) is 0 Å². The minimum Gasteiger partial charge on any atom is -0.436 e. The van der Waals surface area contributed by atoms with Gasteiger partial charge in [0.05, 0.1) is 23.5 Å². The van der Waals surface area contributed by atoms with Crippen LogP contribution in [0, 0.1) is 0 Å². The summed E-state index contributed by atoms with van der Waals surface area (Å²) in [5.74, 6) is 2.43. The number of aromatic nitrogens is 3. The molecular formula is C23H15N3O2.